The molecule has 0 aliphatic heterocycles. The minimum Gasteiger partial charge on any atom is -0.477 e. The van der Waals surface area contributed by atoms with Crippen LogP contribution in [-0.4, -0.2) is 16.7 Å². The van der Waals surface area contributed by atoms with E-state index in [0.29, 0.717) is 12.5 Å². The number of aliphatic hydroxyl groups is 1. The lowest BCUT2D eigenvalue weighted by atomic mass is 10.1. The summed E-state index contributed by atoms with van der Waals surface area (Å²) in [5.41, 5.74) is 0.837. The fraction of sp³-hybridized carbons (Fsp3) is 0.357. The maximum absolute atomic E-state index is 9.26. The van der Waals surface area contributed by atoms with Gasteiger partial charge in [-0.3, -0.25) is 0 Å². The van der Waals surface area contributed by atoms with Crippen molar-refractivity contribution in [2.45, 2.75) is 26.4 Å². The van der Waals surface area contributed by atoms with E-state index in [2.05, 4.69) is 11.9 Å². The predicted molar refractivity (Wildman–Crippen MR) is 68.1 cm³/mol. The van der Waals surface area contributed by atoms with Gasteiger partial charge < -0.3 is 9.84 Å². The first-order chi connectivity index (χ1) is 8.36. The average molecular weight is 231 g/mol. The molecule has 0 bridgehead atoms. The van der Waals surface area contributed by atoms with Gasteiger partial charge in [-0.2, -0.15) is 0 Å². The number of ether oxygens (including phenoxy) is 1. The quantitative estimate of drug-likeness (QED) is 0.804. The highest BCUT2D eigenvalue weighted by atomic mass is 16.5. The number of hydrogen-bond donors (Lipinski definition) is 1. The zero-order chi connectivity index (χ0) is 12.1. The fourth-order valence-electron chi connectivity index (χ4n) is 1.78. The normalized spacial score (nSPS) is 10.7. The molecule has 2 aromatic rings. The molecule has 1 aromatic carbocycles. The topological polar surface area (TPSA) is 42.4 Å². The van der Waals surface area contributed by atoms with Crippen molar-refractivity contribution in [3.63, 3.8) is 0 Å². The first-order valence-electron chi connectivity index (χ1n) is 5.97. The molecule has 0 saturated carbocycles. The second-order valence-corrected chi connectivity index (χ2v) is 3.99. The molecule has 2 rings (SSSR count). The van der Waals surface area contributed by atoms with E-state index < -0.39 is 0 Å². The van der Waals surface area contributed by atoms with Gasteiger partial charge in [0.1, 0.15) is 0 Å². The molecule has 0 radical (unpaired) electrons. The smallest absolute Gasteiger partial charge is 0.221 e. The van der Waals surface area contributed by atoms with Gasteiger partial charge in [0.05, 0.1) is 13.2 Å². The summed E-state index contributed by atoms with van der Waals surface area (Å²) in [5, 5.41) is 11.2. The van der Waals surface area contributed by atoms with Crippen LogP contribution in [0.15, 0.2) is 30.5 Å². The third kappa shape index (κ3) is 2.56. The molecule has 0 unspecified atom stereocenters. The largest absolute Gasteiger partial charge is 0.477 e. The van der Waals surface area contributed by atoms with Crippen molar-refractivity contribution in [3.05, 3.63) is 36.0 Å². The number of nitrogens with zero attached hydrogens (tertiary/aromatic N) is 1. The monoisotopic (exact) mass is 231 g/mol. The van der Waals surface area contributed by atoms with Crippen molar-refractivity contribution >= 4 is 10.8 Å². The van der Waals surface area contributed by atoms with Crippen molar-refractivity contribution in [1.82, 2.24) is 4.98 Å². The van der Waals surface area contributed by atoms with Crippen LogP contribution in [-0.2, 0) is 6.61 Å². The van der Waals surface area contributed by atoms with Crippen LogP contribution < -0.4 is 4.74 Å². The van der Waals surface area contributed by atoms with Gasteiger partial charge in [0.25, 0.3) is 0 Å². The molecule has 3 nitrogen and oxygen atoms in total. The summed E-state index contributed by atoms with van der Waals surface area (Å²) in [4.78, 5) is 4.27. The summed E-state index contributed by atoms with van der Waals surface area (Å²) in [6.45, 7) is 2.82. The van der Waals surface area contributed by atoms with Crippen LogP contribution in [0, 0.1) is 0 Å². The number of hydrogen-bond acceptors (Lipinski definition) is 3. The Hall–Kier alpha value is -1.61. The molecule has 0 aliphatic rings. The van der Waals surface area contributed by atoms with E-state index in [1.54, 1.807) is 6.20 Å². The Balaban J connectivity index is 2.37. The number of fused-ring (bicyclic) bond motifs is 1. The Bertz CT molecular complexity index is 497. The Kier molecular flexibility index (Phi) is 3.94. The molecule has 1 heterocycles. The Labute approximate surface area is 101 Å². The van der Waals surface area contributed by atoms with Gasteiger partial charge in [-0.15, -0.1) is 0 Å². The maximum atomic E-state index is 9.26. The number of benzene rings is 1. The molecule has 0 atom stereocenters. The van der Waals surface area contributed by atoms with Crippen LogP contribution >= 0.6 is 0 Å². The molecule has 0 spiro atoms. The standard InChI is InChI=1S/C14H17NO2/c1-2-3-8-17-14-13-7-5-4-6-12(13)11(10-16)9-15-14/h4-7,9,16H,2-3,8,10H2,1H3. The Morgan fingerprint density at radius 3 is 2.71 bits per heavy atom. The first-order valence-corrected chi connectivity index (χ1v) is 5.97. The highest BCUT2D eigenvalue weighted by Crippen LogP contribution is 2.26. The van der Waals surface area contributed by atoms with Crippen LogP contribution in [0.25, 0.3) is 10.8 Å². The lowest BCUT2D eigenvalue weighted by Crippen LogP contribution is -2.00. The third-order valence-electron chi connectivity index (χ3n) is 2.75. The number of unbranched alkanes of at least 4 members (excludes halogenated alkanes) is 1. The molecule has 3 heteroatoms. The van der Waals surface area contributed by atoms with Gasteiger partial charge in [-0.1, -0.05) is 31.5 Å². The summed E-state index contributed by atoms with van der Waals surface area (Å²) in [6, 6.07) is 7.87. The van der Waals surface area contributed by atoms with Crippen molar-refractivity contribution in [1.29, 1.82) is 0 Å². The zero-order valence-corrected chi connectivity index (χ0v) is 10.0. The minimum absolute atomic E-state index is 0.00273. The number of aromatic nitrogens is 1. The molecule has 0 amide bonds. The molecule has 0 fully saturated rings. The first kappa shape index (κ1) is 11.9. The van der Waals surface area contributed by atoms with Crippen molar-refractivity contribution in [2.75, 3.05) is 6.61 Å². The Morgan fingerprint density at radius 2 is 2.00 bits per heavy atom. The highest BCUT2D eigenvalue weighted by Gasteiger charge is 2.07. The molecular weight excluding hydrogens is 214 g/mol. The third-order valence-corrected chi connectivity index (χ3v) is 2.75. The van der Waals surface area contributed by atoms with E-state index >= 15 is 0 Å². The zero-order valence-electron chi connectivity index (χ0n) is 10.0. The second-order valence-electron chi connectivity index (χ2n) is 3.99. The summed E-state index contributed by atoms with van der Waals surface area (Å²) in [7, 11) is 0. The second kappa shape index (κ2) is 5.64. The molecule has 90 valence electrons. The minimum atomic E-state index is 0.00273. The molecule has 0 saturated heterocycles. The van der Waals surface area contributed by atoms with E-state index in [1.807, 2.05) is 24.3 Å². The summed E-state index contributed by atoms with van der Waals surface area (Å²) in [6.07, 6.45) is 3.81. The van der Waals surface area contributed by atoms with E-state index in [-0.39, 0.29) is 6.61 Å². The van der Waals surface area contributed by atoms with Gasteiger partial charge in [0, 0.05) is 17.1 Å². The lowest BCUT2D eigenvalue weighted by Gasteiger charge is -2.09. The van der Waals surface area contributed by atoms with E-state index in [1.165, 1.54) is 0 Å². The van der Waals surface area contributed by atoms with Crippen molar-refractivity contribution in [2.24, 2.45) is 0 Å². The van der Waals surface area contributed by atoms with Gasteiger partial charge in [0.15, 0.2) is 0 Å². The maximum Gasteiger partial charge on any atom is 0.221 e. The SMILES string of the molecule is CCCCOc1ncc(CO)c2ccccc12. The van der Waals surface area contributed by atoms with E-state index in [9.17, 15) is 5.11 Å². The molecule has 1 N–H and O–H groups in total. The number of rotatable bonds is 5. The van der Waals surface area contributed by atoms with E-state index in [0.717, 1.165) is 29.2 Å². The molecule has 0 aliphatic carbocycles. The van der Waals surface area contributed by atoms with E-state index in [4.69, 9.17) is 4.74 Å². The van der Waals surface area contributed by atoms with Crippen LogP contribution in [0.5, 0.6) is 5.88 Å². The van der Waals surface area contributed by atoms with Gasteiger partial charge in [-0.25, -0.2) is 4.98 Å². The summed E-state index contributed by atoms with van der Waals surface area (Å²) in [5.74, 6) is 0.659. The average Bonchev–Trinajstić information content (AvgIpc) is 2.39. The van der Waals surface area contributed by atoms with Crippen molar-refractivity contribution in [3.8, 4) is 5.88 Å². The van der Waals surface area contributed by atoms with Gasteiger partial charge in [-0.05, 0) is 17.9 Å². The van der Waals surface area contributed by atoms with Crippen LogP contribution in [0.1, 0.15) is 25.3 Å². The summed E-state index contributed by atoms with van der Waals surface area (Å²) >= 11 is 0. The highest BCUT2D eigenvalue weighted by molar-refractivity contribution is 5.89. The fourth-order valence-corrected chi connectivity index (χ4v) is 1.78. The Morgan fingerprint density at radius 1 is 1.24 bits per heavy atom. The number of pyridine rings is 1. The summed E-state index contributed by atoms with van der Waals surface area (Å²) < 4.78 is 5.67. The predicted octanol–water partition coefficient (Wildman–Crippen LogP) is 2.91. The molecule has 1 aromatic heterocycles. The van der Waals surface area contributed by atoms with Crippen LogP contribution in [0.2, 0.25) is 0 Å². The van der Waals surface area contributed by atoms with Gasteiger partial charge in [0.2, 0.25) is 5.88 Å². The number of aliphatic hydroxyl groups excluding tert-OH is 1. The van der Waals surface area contributed by atoms with Gasteiger partial charge >= 0.3 is 0 Å². The van der Waals surface area contributed by atoms with Crippen LogP contribution in [0.4, 0.5) is 0 Å². The van der Waals surface area contributed by atoms with Crippen molar-refractivity contribution < 1.29 is 9.84 Å². The molecular formula is C14H17NO2. The van der Waals surface area contributed by atoms with Crippen LogP contribution in [0.3, 0.4) is 0 Å². The molecule has 17 heavy (non-hydrogen) atoms. The lowest BCUT2D eigenvalue weighted by molar-refractivity contribution is 0.281.